The van der Waals surface area contributed by atoms with Crippen LogP contribution < -0.4 is 5.43 Å². The van der Waals surface area contributed by atoms with E-state index in [1.54, 1.807) is 12.1 Å². The molecule has 0 unspecified atom stereocenters. The summed E-state index contributed by atoms with van der Waals surface area (Å²) in [5.74, 6) is -0.0234. The van der Waals surface area contributed by atoms with Gasteiger partial charge in [0.1, 0.15) is 5.58 Å². The molecule has 1 amide bonds. The molecule has 2 aliphatic rings. The lowest BCUT2D eigenvalue weighted by Gasteiger charge is -2.29. The van der Waals surface area contributed by atoms with Gasteiger partial charge in [-0.05, 0) is 35.1 Å². The van der Waals surface area contributed by atoms with Crippen molar-refractivity contribution in [2.24, 2.45) is 0 Å². The van der Waals surface area contributed by atoms with Gasteiger partial charge in [0.25, 0.3) is 5.91 Å². The van der Waals surface area contributed by atoms with Crippen LogP contribution in [0.4, 0.5) is 0 Å². The van der Waals surface area contributed by atoms with E-state index in [0.29, 0.717) is 23.1 Å². The first-order valence-corrected chi connectivity index (χ1v) is 12.1. The molecule has 0 saturated carbocycles. The number of para-hydroxylation sites is 1. The van der Waals surface area contributed by atoms with Gasteiger partial charge in [-0.25, -0.2) is 0 Å². The van der Waals surface area contributed by atoms with Crippen LogP contribution in [0.15, 0.2) is 57.7 Å². The van der Waals surface area contributed by atoms with E-state index in [1.807, 2.05) is 17.0 Å². The number of morpholine rings is 1. The van der Waals surface area contributed by atoms with Crippen molar-refractivity contribution in [1.82, 2.24) is 9.80 Å². The maximum absolute atomic E-state index is 13.6. The fraction of sp³-hybridized carbons (Fsp3) is 0.429. The summed E-state index contributed by atoms with van der Waals surface area (Å²) in [4.78, 5) is 31.3. The molecule has 6 heteroatoms. The number of nitrogens with zero attached hydrogens (tertiary/aromatic N) is 2. The molecule has 0 spiro atoms. The first kappa shape index (κ1) is 22.8. The van der Waals surface area contributed by atoms with E-state index in [4.69, 9.17) is 9.15 Å². The molecule has 6 nitrogen and oxygen atoms in total. The third-order valence-electron chi connectivity index (χ3n) is 6.94. The normalized spacial score (nSPS) is 19.1. The molecule has 0 bridgehead atoms. The molecule has 2 aliphatic heterocycles. The highest BCUT2D eigenvalue weighted by molar-refractivity contribution is 5.99. The standard InChI is InChI=1S/C28H32N2O4/c1-28(2,3)20-11-9-19(10-12-20)24-23-25(31)21-7-4-5-8-22(21)34-26(23)27(32)30(24)14-6-13-29-15-17-33-18-16-29/h4-5,7-12,24H,6,13-18H2,1-3H3/t24-/m0/s1. The predicted molar refractivity (Wildman–Crippen MR) is 132 cm³/mol. The number of amides is 1. The van der Waals surface area contributed by atoms with Gasteiger partial charge in [0.2, 0.25) is 5.76 Å². The van der Waals surface area contributed by atoms with Gasteiger partial charge in [-0.15, -0.1) is 0 Å². The molecule has 0 radical (unpaired) electrons. The predicted octanol–water partition coefficient (Wildman–Crippen LogP) is 4.36. The Morgan fingerprint density at radius 1 is 0.941 bits per heavy atom. The Bertz CT molecular complexity index is 1250. The topological polar surface area (TPSA) is 63.0 Å². The van der Waals surface area contributed by atoms with Crippen LogP contribution in [-0.2, 0) is 10.2 Å². The molecule has 34 heavy (non-hydrogen) atoms. The first-order chi connectivity index (χ1) is 16.3. The van der Waals surface area contributed by atoms with Crippen LogP contribution in [-0.4, -0.2) is 55.1 Å². The van der Waals surface area contributed by atoms with Crippen molar-refractivity contribution in [3.8, 4) is 0 Å². The van der Waals surface area contributed by atoms with E-state index in [2.05, 4.69) is 49.9 Å². The maximum atomic E-state index is 13.6. The largest absolute Gasteiger partial charge is 0.450 e. The van der Waals surface area contributed by atoms with Crippen molar-refractivity contribution in [1.29, 1.82) is 0 Å². The van der Waals surface area contributed by atoms with Crippen molar-refractivity contribution < 1.29 is 13.9 Å². The number of hydrogen-bond acceptors (Lipinski definition) is 5. The van der Waals surface area contributed by atoms with Crippen molar-refractivity contribution >= 4 is 16.9 Å². The molecule has 1 fully saturated rings. The summed E-state index contributed by atoms with van der Waals surface area (Å²) >= 11 is 0. The molecule has 3 heterocycles. The summed E-state index contributed by atoms with van der Waals surface area (Å²) in [6, 6.07) is 15.0. The number of hydrogen-bond donors (Lipinski definition) is 0. The lowest BCUT2D eigenvalue weighted by molar-refractivity contribution is 0.0353. The van der Waals surface area contributed by atoms with Crippen molar-refractivity contribution in [2.45, 2.75) is 38.6 Å². The molecule has 5 rings (SSSR count). The molecule has 178 valence electrons. The van der Waals surface area contributed by atoms with Crippen LogP contribution in [0.5, 0.6) is 0 Å². The van der Waals surface area contributed by atoms with Gasteiger partial charge in [0.15, 0.2) is 5.43 Å². The van der Waals surface area contributed by atoms with E-state index in [9.17, 15) is 9.59 Å². The van der Waals surface area contributed by atoms with Gasteiger partial charge in [-0.1, -0.05) is 57.2 Å². The Labute approximate surface area is 200 Å². The number of ether oxygens (including phenoxy) is 1. The van der Waals surface area contributed by atoms with Crippen molar-refractivity contribution in [3.05, 3.63) is 81.2 Å². The van der Waals surface area contributed by atoms with Gasteiger partial charge < -0.3 is 14.1 Å². The quantitative estimate of drug-likeness (QED) is 0.566. The highest BCUT2D eigenvalue weighted by Crippen LogP contribution is 2.38. The zero-order valence-electron chi connectivity index (χ0n) is 20.2. The minimum absolute atomic E-state index is 0.0228. The van der Waals surface area contributed by atoms with Crippen molar-refractivity contribution in [3.63, 3.8) is 0 Å². The Kier molecular flexibility index (Phi) is 6.04. The van der Waals surface area contributed by atoms with Crippen LogP contribution in [0.2, 0.25) is 0 Å². The molecule has 2 aromatic carbocycles. The average Bonchev–Trinajstić information content (AvgIpc) is 3.11. The third kappa shape index (κ3) is 4.17. The Morgan fingerprint density at radius 2 is 1.65 bits per heavy atom. The average molecular weight is 461 g/mol. The highest BCUT2D eigenvalue weighted by atomic mass is 16.5. The summed E-state index contributed by atoms with van der Waals surface area (Å²) in [7, 11) is 0. The SMILES string of the molecule is CC(C)(C)c1ccc([C@H]2c3c(oc4ccccc4c3=O)C(=O)N2CCCN2CCOCC2)cc1. The molecular weight excluding hydrogens is 428 g/mol. The molecule has 0 N–H and O–H groups in total. The van der Waals surface area contributed by atoms with E-state index in [0.717, 1.165) is 44.8 Å². The fourth-order valence-electron chi connectivity index (χ4n) is 5.00. The van der Waals surface area contributed by atoms with Gasteiger partial charge in [-0.3, -0.25) is 14.5 Å². The minimum atomic E-state index is -0.443. The molecule has 1 atom stereocenters. The fourth-order valence-corrected chi connectivity index (χ4v) is 5.00. The molecule has 1 saturated heterocycles. The van der Waals surface area contributed by atoms with Crippen LogP contribution in [0.1, 0.15) is 60.5 Å². The van der Waals surface area contributed by atoms with Gasteiger partial charge in [0.05, 0.1) is 30.2 Å². The molecule has 1 aromatic heterocycles. The second-order valence-electron chi connectivity index (χ2n) is 10.3. The zero-order chi connectivity index (χ0) is 23.9. The minimum Gasteiger partial charge on any atom is -0.450 e. The zero-order valence-corrected chi connectivity index (χ0v) is 20.2. The summed E-state index contributed by atoms with van der Waals surface area (Å²) in [5, 5.41) is 0.514. The Morgan fingerprint density at radius 3 is 2.35 bits per heavy atom. The van der Waals surface area contributed by atoms with Crippen molar-refractivity contribution in [2.75, 3.05) is 39.4 Å². The first-order valence-electron chi connectivity index (χ1n) is 12.1. The molecular formula is C28H32N2O4. The second kappa shape index (κ2) is 9.01. The number of carbonyl (C=O) groups is 1. The lowest BCUT2D eigenvalue weighted by Crippen LogP contribution is -2.38. The summed E-state index contributed by atoms with van der Waals surface area (Å²) in [5.41, 5.74) is 2.97. The molecule has 3 aromatic rings. The van der Waals surface area contributed by atoms with Gasteiger partial charge in [-0.2, -0.15) is 0 Å². The summed E-state index contributed by atoms with van der Waals surface area (Å²) < 4.78 is 11.5. The number of benzene rings is 2. The summed E-state index contributed by atoms with van der Waals surface area (Å²) in [6.45, 7) is 11.3. The number of rotatable bonds is 5. The van der Waals surface area contributed by atoms with E-state index in [-0.39, 0.29) is 22.5 Å². The smallest absolute Gasteiger partial charge is 0.290 e. The monoisotopic (exact) mass is 460 g/mol. The number of carbonyl (C=O) groups excluding carboxylic acids is 1. The van der Waals surface area contributed by atoms with Gasteiger partial charge >= 0.3 is 0 Å². The maximum Gasteiger partial charge on any atom is 0.290 e. The third-order valence-corrected chi connectivity index (χ3v) is 6.94. The van der Waals surface area contributed by atoms with Crippen LogP contribution in [0.25, 0.3) is 11.0 Å². The van der Waals surface area contributed by atoms with Crippen LogP contribution >= 0.6 is 0 Å². The molecule has 0 aliphatic carbocycles. The Hall–Kier alpha value is -2.96. The highest BCUT2D eigenvalue weighted by Gasteiger charge is 2.42. The van der Waals surface area contributed by atoms with Gasteiger partial charge in [0, 0.05) is 26.2 Å². The Balaban J connectivity index is 1.52. The lowest BCUT2D eigenvalue weighted by atomic mass is 9.86. The van der Waals surface area contributed by atoms with E-state index >= 15 is 0 Å². The van der Waals surface area contributed by atoms with Crippen LogP contribution in [0, 0.1) is 0 Å². The van der Waals surface area contributed by atoms with Crippen LogP contribution in [0.3, 0.4) is 0 Å². The van der Waals surface area contributed by atoms with E-state index < -0.39 is 6.04 Å². The second-order valence-corrected chi connectivity index (χ2v) is 10.3. The summed E-state index contributed by atoms with van der Waals surface area (Å²) in [6.07, 6.45) is 0.823. The van der Waals surface area contributed by atoms with E-state index in [1.165, 1.54) is 5.56 Å². The number of fused-ring (bicyclic) bond motifs is 2.